The van der Waals surface area contributed by atoms with Gasteiger partial charge in [0.2, 0.25) is 0 Å². The highest BCUT2D eigenvalue weighted by molar-refractivity contribution is 5.95. The zero-order valence-corrected chi connectivity index (χ0v) is 19.2. The molecule has 1 N–H and O–H groups in total. The fourth-order valence-corrected chi connectivity index (χ4v) is 3.95. The summed E-state index contributed by atoms with van der Waals surface area (Å²) >= 11 is 0. The van der Waals surface area contributed by atoms with Crippen molar-refractivity contribution < 1.29 is 9.53 Å². The van der Waals surface area contributed by atoms with Gasteiger partial charge in [-0.15, -0.1) is 0 Å². The second kappa shape index (κ2) is 9.58. The van der Waals surface area contributed by atoms with E-state index in [1.54, 1.807) is 41.9 Å². The van der Waals surface area contributed by atoms with Crippen LogP contribution in [-0.2, 0) is 20.1 Å². The van der Waals surface area contributed by atoms with Crippen LogP contribution in [-0.4, -0.2) is 43.7 Å². The van der Waals surface area contributed by atoms with E-state index in [4.69, 9.17) is 4.74 Å². The Balaban J connectivity index is 1.83. The Bertz CT molecular complexity index is 1310. The van der Waals surface area contributed by atoms with Crippen molar-refractivity contribution in [3.63, 3.8) is 0 Å². The highest BCUT2D eigenvalue weighted by Gasteiger charge is 2.24. The highest BCUT2D eigenvalue weighted by Crippen LogP contribution is 2.21. The number of aromatic nitrogens is 4. The molecule has 0 aliphatic carbocycles. The first-order valence-corrected chi connectivity index (χ1v) is 11.2. The van der Waals surface area contributed by atoms with E-state index in [0.29, 0.717) is 24.7 Å². The Morgan fingerprint density at radius 2 is 1.97 bits per heavy atom. The van der Waals surface area contributed by atoms with Gasteiger partial charge in [-0.2, -0.15) is 4.98 Å². The molecule has 0 saturated carbocycles. The molecule has 1 aliphatic rings. The number of hydrogen-bond donors (Lipinski definition) is 1. The third kappa shape index (κ3) is 4.68. The molecule has 0 spiro atoms. The third-order valence-corrected chi connectivity index (χ3v) is 5.80. The van der Waals surface area contributed by atoms with Gasteiger partial charge in [-0.1, -0.05) is 42.0 Å². The standard InChI is InChI=1S/C24H29N5O4/c1-16(2)11-13-28-20-21(26-23(28)33-18-10-7-12-25-14-18)27(3)24(32)29(22(20)31)15-19(30)17-8-5-4-6-9-17/h4-6,8-9,11,18,25H,7,10,12-15H2,1-3H3. The number of carbonyl (C=O) groups excluding carboxylic acids is 1. The molecule has 1 aliphatic heterocycles. The average Bonchev–Trinajstić information content (AvgIpc) is 3.18. The summed E-state index contributed by atoms with van der Waals surface area (Å²) < 4.78 is 10.2. The highest BCUT2D eigenvalue weighted by atomic mass is 16.5. The molecule has 1 atom stereocenters. The Hall–Kier alpha value is -3.46. The number of piperidine rings is 1. The minimum absolute atomic E-state index is 0.0695. The summed E-state index contributed by atoms with van der Waals surface area (Å²) in [5.74, 6) is -0.311. The second-order valence-electron chi connectivity index (χ2n) is 8.57. The summed E-state index contributed by atoms with van der Waals surface area (Å²) in [5, 5.41) is 3.30. The van der Waals surface area contributed by atoms with Crippen LogP contribution in [0, 0.1) is 0 Å². The third-order valence-electron chi connectivity index (χ3n) is 5.80. The number of ketones is 1. The number of Topliss-reactive ketones (excluding diaryl/α,β-unsaturated/α-hetero) is 1. The molecule has 9 heteroatoms. The lowest BCUT2D eigenvalue weighted by Gasteiger charge is -2.23. The number of hydrogen-bond acceptors (Lipinski definition) is 6. The van der Waals surface area contributed by atoms with Gasteiger partial charge >= 0.3 is 5.69 Å². The number of imidazole rings is 1. The van der Waals surface area contributed by atoms with Crippen molar-refractivity contribution in [3.05, 3.63) is 68.4 Å². The maximum atomic E-state index is 13.5. The molecule has 3 aromatic rings. The molecule has 3 heterocycles. The lowest BCUT2D eigenvalue weighted by Crippen LogP contribution is -2.41. The molecule has 1 unspecified atom stereocenters. The Labute approximate surface area is 191 Å². The second-order valence-corrected chi connectivity index (χ2v) is 8.57. The van der Waals surface area contributed by atoms with Crippen molar-refractivity contribution in [2.45, 2.75) is 45.9 Å². The van der Waals surface area contributed by atoms with Gasteiger partial charge in [-0.05, 0) is 33.2 Å². The van der Waals surface area contributed by atoms with Crippen molar-refractivity contribution in [2.75, 3.05) is 13.1 Å². The lowest BCUT2D eigenvalue weighted by molar-refractivity contribution is 0.0969. The minimum atomic E-state index is -0.588. The molecule has 2 aromatic heterocycles. The van der Waals surface area contributed by atoms with Crippen LogP contribution in [0.5, 0.6) is 6.01 Å². The van der Waals surface area contributed by atoms with Gasteiger partial charge in [0.25, 0.3) is 11.6 Å². The molecule has 9 nitrogen and oxygen atoms in total. The Morgan fingerprint density at radius 1 is 1.21 bits per heavy atom. The minimum Gasteiger partial charge on any atom is -0.460 e. The first kappa shape index (κ1) is 22.7. The molecule has 1 aromatic carbocycles. The van der Waals surface area contributed by atoms with Crippen molar-refractivity contribution in [2.24, 2.45) is 7.05 Å². The number of carbonyl (C=O) groups is 1. The van der Waals surface area contributed by atoms with Crippen LogP contribution in [0.2, 0.25) is 0 Å². The molecule has 0 amide bonds. The van der Waals surface area contributed by atoms with Crippen molar-refractivity contribution in [1.82, 2.24) is 24.0 Å². The predicted molar refractivity (Wildman–Crippen MR) is 126 cm³/mol. The number of nitrogens with one attached hydrogen (secondary N) is 1. The van der Waals surface area contributed by atoms with E-state index >= 15 is 0 Å². The predicted octanol–water partition coefficient (Wildman–Crippen LogP) is 1.88. The average molecular weight is 452 g/mol. The van der Waals surface area contributed by atoms with Gasteiger partial charge in [0.1, 0.15) is 6.10 Å². The molecular weight excluding hydrogens is 422 g/mol. The van der Waals surface area contributed by atoms with E-state index in [2.05, 4.69) is 10.3 Å². The van der Waals surface area contributed by atoms with Gasteiger partial charge in [0, 0.05) is 25.7 Å². The van der Waals surface area contributed by atoms with E-state index in [-0.39, 0.29) is 29.6 Å². The molecule has 1 fully saturated rings. The number of allylic oxidation sites excluding steroid dienone is 2. The van der Waals surface area contributed by atoms with Crippen LogP contribution >= 0.6 is 0 Å². The van der Waals surface area contributed by atoms with E-state index in [9.17, 15) is 14.4 Å². The fraction of sp³-hybridized carbons (Fsp3) is 0.417. The van der Waals surface area contributed by atoms with Crippen molar-refractivity contribution >= 4 is 16.9 Å². The molecule has 4 rings (SSSR count). The first-order valence-electron chi connectivity index (χ1n) is 11.2. The molecule has 33 heavy (non-hydrogen) atoms. The number of nitrogens with zero attached hydrogens (tertiary/aromatic N) is 4. The smallest absolute Gasteiger partial charge is 0.332 e. The van der Waals surface area contributed by atoms with Gasteiger partial charge in [-0.25, -0.2) is 4.79 Å². The SMILES string of the molecule is CC(C)=CCn1c(OC2CCCNC2)nc2c1c(=O)n(CC(=O)c1ccccc1)c(=O)n2C. The fourth-order valence-electron chi connectivity index (χ4n) is 3.95. The summed E-state index contributed by atoms with van der Waals surface area (Å²) in [5.41, 5.74) is 0.867. The van der Waals surface area contributed by atoms with Crippen LogP contribution in [0.15, 0.2) is 51.6 Å². The summed E-state index contributed by atoms with van der Waals surface area (Å²) in [4.78, 5) is 43.8. The summed E-state index contributed by atoms with van der Waals surface area (Å²) in [6, 6.07) is 8.93. The molecular formula is C24H29N5O4. The van der Waals surface area contributed by atoms with Crippen LogP contribution in [0.1, 0.15) is 37.0 Å². The monoisotopic (exact) mass is 451 g/mol. The molecule has 0 radical (unpaired) electrons. The largest absolute Gasteiger partial charge is 0.460 e. The first-order chi connectivity index (χ1) is 15.9. The normalized spacial score (nSPS) is 16.0. The molecule has 1 saturated heterocycles. The number of ether oxygens (including phenoxy) is 1. The zero-order chi connectivity index (χ0) is 23.5. The van der Waals surface area contributed by atoms with Gasteiger partial charge in [0.15, 0.2) is 16.9 Å². The quantitative estimate of drug-likeness (QED) is 0.435. The van der Waals surface area contributed by atoms with Crippen molar-refractivity contribution in [3.8, 4) is 6.01 Å². The lowest BCUT2D eigenvalue weighted by atomic mass is 10.1. The maximum Gasteiger partial charge on any atom is 0.332 e. The topological polar surface area (TPSA) is 100 Å². The van der Waals surface area contributed by atoms with Gasteiger partial charge < -0.3 is 10.1 Å². The van der Waals surface area contributed by atoms with E-state index < -0.39 is 11.2 Å². The zero-order valence-electron chi connectivity index (χ0n) is 19.2. The Kier molecular flexibility index (Phi) is 6.60. The van der Waals surface area contributed by atoms with Crippen molar-refractivity contribution in [1.29, 1.82) is 0 Å². The van der Waals surface area contributed by atoms with Crippen LogP contribution in [0.3, 0.4) is 0 Å². The summed E-state index contributed by atoms with van der Waals surface area (Å²) in [6.45, 7) is 5.61. The van der Waals surface area contributed by atoms with Crippen LogP contribution in [0.4, 0.5) is 0 Å². The van der Waals surface area contributed by atoms with Gasteiger partial charge in [0.05, 0.1) is 6.54 Å². The van der Waals surface area contributed by atoms with E-state index in [1.165, 1.54) is 4.57 Å². The van der Waals surface area contributed by atoms with E-state index in [1.807, 2.05) is 19.9 Å². The van der Waals surface area contributed by atoms with Gasteiger partial charge in [-0.3, -0.25) is 23.3 Å². The van der Waals surface area contributed by atoms with Crippen LogP contribution in [0.25, 0.3) is 11.2 Å². The molecule has 0 bridgehead atoms. The number of rotatable bonds is 7. The number of benzene rings is 1. The number of fused-ring (bicyclic) bond motifs is 1. The summed E-state index contributed by atoms with van der Waals surface area (Å²) in [7, 11) is 1.55. The molecule has 174 valence electrons. The van der Waals surface area contributed by atoms with E-state index in [0.717, 1.165) is 29.5 Å². The van der Waals surface area contributed by atoms with Crippen LogP contribution < -0.4 is 21.3 Å². The summed E-state index contributed by atoms with van der Waals surface area (Å²) in [6.07, 6.45) is 3.77. The number of aryl methyl sites for hydroxylation is 1. The Morgan fingerprint density at radius 3 is 2.64 bits per heavy atom. The maximum absolute atomic E-state index is 13.5.